The van der Waals surface area contributed by atoms with E-state index in [0.717, 1.165) is 0 Å². The molecule has 0 aliphatic heterocycles. The third-order valence-electron chi connectivity index (χ3n) is 3.04. The molecule has 0 aromatic heterocycles. The van der Waals surface area contributed by atoms with Gasteiger partial charge in [-0.2, -0.15) is 0 Å². The second-order valence-electron chi connectivity index (χ2n) is 10.2. The molecule has 0 amide bonds. The summed E-state index contributed by atoms with van der Waals surface area (Å²) in [6, 6.07) is 0. The van der Waals surface area contributed by atoms with Crippen LogP contribution in [0.15, 0.2) is 24.6 Å². The van der Waals surface area contributed by atoms with Gasteiger partial charge in [0.15, 0.2) is 33.3 Å². The Morgan fingerprint density at radius 3 is 1.04 bits per heavy atom. The summed E-state index contributed by atoms with van der Waals surface area (Å²) < 4.78 is 24.1. The van der Waals surface area contributed by atoms with Gasteiger partial charge in [0.25, 0.3) is 9.28 Å². The Morgan fingerprint density at radius 2 is 0.852 bits per heavy atom. The zero-order valence-electron chi connectivity index (χ0n) is 20.3. The Kier molecular flexibility index (Phi) is 12.3. The molecule has 0 aromatic rings. The lowest BCUT2D eigenvalue weighted by Gasteiger charge is -2.36. The Labute approximate surface area is 177 Å². The van der Waals surface area contributed by atoms with Crippen molar-refractivity contribution in [1.29, 1.82) is 0 Å². The second kappa shape index (κ2) is 11.1. The lowest BCUT2D eigenvalue weighted by molar-refractivity contribution is 0.400. The van der Waals surface area contributed by atoms with E-state index < -0.39 is 51.1 Å². The summed E-state index contributed by atoms with van der Waals surface area (Å²) in [7, 11) is -9.56. The van der Waals surface area contributed by atoms with Gasteiger partial charge in [-0.15, -0.1) is 13.2 Å². The van der Waals surface area contributed by atoms with Gasteiger partial charge >= 0.3 is 8.56 Å². The van der Waals surface area contributed by atoms with Crippen LogP contribution in [0.5, 0.6) is 0 Å². The minimum atomic E-state index is -2.04. The average Bonchev–Trinajstić information content (AvgIpc) is 2.32. The zero-order chi connectivity index (χ0) is 22.3. The Hall–Kier alpha value is 0.621. The van der Waals surface area contributed by atoms with Gasteiger partial charge in [-0.25, -0.2) is 0 Å². The molecular weight excluding hydrogens is 437 g/mol. The van der Waals surface area contributed by atoms with Crippen molar-refractivity contribution in [2.45, 2.75) is 85.1 Å². The molecule has 27 heavy (non-hydrogen) atoms. The van der Waals surface area contributed by atoms with Crippen molar-refractivity contribution < 1.29 is 16.5 Å². The molecule has 0 N–H and O–H groups in total. The van der Waals surface area contributed by atoms with E-state index in [1.165, 1.54) is 0 Å². The predicted octanol–water partition coefficient (Wildman–Crippen LogP) is 6.12. The highest BCUT2D eigenvalue weighted by Crippen LogP contribution is 2.21. The quantitative estimate of drug-likeness (QED) is 0.351. The van der Waals surface area contributed by atoms with E-state index in [1.54, 1.807) is 0 Å². The molecule has 4 nitrogen and oxygen atoms in total. The van der Waals surface area contributed by atoms with E-state index in [9.17, 15) is 0 Å². The van der Waals surface area contributed by atoms with Crippen LogP contribution in [-0.4, -0.2) is 51.1 Å². The highest BCUT2D eigenvalue weighted by Gasteiger charge is 2.37. The normalized spacial score (nSPS) is 13.9. The maximum atomic E-state index is 6.14. The summed E-state index contributed by atoms with van der Waals surface area (Å²) in [4.78, 5) is 0. The van der Waals surface area contributed by atoms with Crippen molar-refractivity contribution in [3.63, 3.8) is 0 Å². The van der Waals surface area contributed by atoms with Crippen molar-refractivity contribution >= 4 is 51.1 Å². The van der Waals surface area contributed by atoms with Crippen LogP contribution in [0, 0.1) is 0 Å². The van der Waals surface area contributed by atoms with Crippen LogP contribution in [0.4, 0.5) is 0 Å². The van der Waals surface area contributed by atoms with E-state index in [1.807, 2.05) is 11.4 Å². The van der Waals surface area contributed by atoms with Crippen LogP contribution in [0.25, 0.3) is 0 Å². The first-order valence-corrected chi connectivity index (χ1v) is 27.4. The first kappa shape index (κ1) is 29.8. The molecule has 0 atom stereocenters. The highest BCUT2D eigenvalue weighted by molar-refractivity contribution is 6.90. The molecule has 0 saturated carbocycles. The van der Waals surface area contributed by atoms with Gasteiger partial charge in [0, 0.05) is 0 Å². The van der Waals surface area contributed by atoms with Gasteiger partial charge in [-0.1, -0.05) is 11.4 Å². The molecular formula is C17H46O4Si6. The molecule has 0 unspecified atom stereocenters. The molecule has 0 saturated heterocycles. The van der Waals surface area contributed by atoms with Gasteiger partial charge in [-0.05, 0) is 85.1 Å². The van der Waals surface area contributed by atoms with Crippen LogP contribution in [0.3, 0.4) is 0 Å². The molecule has 0 aromatic carbocycles. The SMILES string of the molecule is C=C[Si](C)(C)O[Si](C)(C)O[Si](C)(C)C=C.C[SiH](O[Si](C)(C)C)O[Si](C)(C)C. The Balaban J connectivity index is 0. The fourth-order valence-electron chi connectivity index (χ4n) is 2.39. The van der Waals surface area contributed by atoms with Gasteiger partial charge in [0.1, 0.15) is 0 Å². The topological polar surface area (TPSA) is 36.9 Å². The summed E-state index contributed by atoms with van der Waals surface area (Å²) in [6.07, 6.45) is 0. The van der Waals surface area contributed by atoms with E-state index in [2.05, 4.69) is 98.3 Å². The summed E-state index contributed by atoms with van der Waals surface area (Å²) in [5, 5.41) is 0. The molecule has 0 rings (SSSR count). The first-order chi connectivity index (χ1) is 11.6. The predicted molar refractivity (Wildman–Crippen MR) is 137 cm³/mol. The van der Waals surface area contributed by atoms with E-state index >= 15 is 0 Å². The number of hydrogen-bond donors (Lipinski definition) is 0. The molecule has 0 aliphatic carbocycles. The van der Waals surface area contributed by atoms with Gasteiger partial charge in [0.2, 0.25) is 0 Å². The highest BCUT2D eigenvalue weighted by atomic mass is 28.5. The standard InChI is InChI=1S/C10H24O2Si3.C7H22O2Si3/c1-9-13(3,4)11-15(7,8)12-14(5,6)10-2;1-10(8-11(2,3)4)9-12(5,6)7/h9-10H,1-2H2,3-8H3;10H,1-7H3. The van der Waals surface area contributed by atoms with Crippen molar-refractivity contribution in [2.75, 3.05) is 0 Å². The van der Waals surface area contributed by atoms with E-state index in [4.69, 9.17) is 16.5 Å². The van der Waals surface area contributed by atoms with Crippen LogP contribution < -0.4 is 0 Å². The molecule has 0 radical (unpaired) electrons. The van der Waals surface area contributed by atoms with E-state index in [0.29, 0.717) is 0 Å². The zero-order valence-corrected chi connectivity index (χ0v) is 26.4. The van der Waals surface area contributed by atoms with Crippen molar-refractivity contribution in [2.24, 2.45) is 0 Å². The fourth-order valence-corrected chi connectivity index (χ4v) is 22.3. The maximum absolute atomic E-state index is 6.14. The molecule has 0 aliphatic rings. The smallest absolute Gasteiger partial charge is 0.311 e. The third kappa shape index (κ3) is 19.7. The summed E-state index contributed by atoms with van der Waals surface area (Å²) in [5.74, 6) is 0. The van der Waals surface area contributed by atoms with Crippen LogP contribution in [-0.2, 0) is 16.5 Å². The third-order valence-corrected chi connectivity index (χ3v) is 21.5. The summed E-state index contributed by atoms with van der Waals surface area (Å²) in [6.45, 7) is 35.8. The molecule has 10 heteroatoms. The van der Waals surface area contributed by atoms with Gasteiger partial charge in [-0.3, -0.25) is 0 Å². The molecule has 0 bridgehead atoms. The monoisotopic (exact) mass is 482 g/mol. The molecule has 0 heterocycles. The molecule has 0 spiro atoms. The minimum absolute atomic E-state index is 1.33. The van der Waals surface area contributed by atoms with Gasteiger partial charge < -0.3 is 16.5 Å². The molecule has 0 fully saturated rings. The summed E-state index contributed by atoms with van der Waals surface area (Å²) >= 11 is 0. The average molecular weight is 483 g/mol. The number of rotatable bonds is 10. The fraction of sp³-hybridized carbons (Fsp3) is 0.765. The van der Waals surface area contributed by atoms with Crippen molar-refractivity contribution in [3.05, 3.63) is 24.6 Å². The van der Waals surface area contributed by atoms with Crippen molar-refractivity contribution in [3.8, 4) is 0 Å². The lowest BCUT2D eigenvalue weighted by Crippen LogP contribution is -2.51. The summed E-state index contributed by atoms with van der Waals surface area (Å²) in [5.41, 5.74) is 3.90. The van der Waals surface area contributed by atoms with Crippen LogP contribution in [0.1, 0.15) is 0 Å². The number of hydrogen-bond acceptors (Lipinski definition) is 4. The second-order valence-corrected chi connectivity index (χ2v) is 33.4. The lowest BCUT2D eigenvalue weighted by atomic mass is 11.3. The van der Waals surface area contributed by atoms with Crippen molar-refractivity contribution in [1.82, 2.24) is 0 Å². The van der Waals surface area contributed by atoms with Crippen LogP contribution >= 0.6 is 0 Å². The Bertz CT molecular complexity index is 427. The minimum Gasteiger partial charge on any atom is -0.439 e. The van der Waals surface area contributed by atoms with Crippen LogP contribution in [0.2, 0.25) is 85.1 Å². The Morgan fingerprint density at radius 1 is 0.593 bits per heavy atom. The van der Waals surface area contributed by atoms with E-state index in [-0.39, 0.29) is 0 Å². The van der Waals surface area contributed by atoms with Gasteiger partial charge in [0.05, 0.1) is 0 Å². The first-order valence-electron chi connectivity index (χ1n) is 9.67. The maximum Gasteiger partial charge on any atom is 0.311 e. The molecule has 162 valence electrons. The largest absolute Gasteiger partial charge is 0.439 e.